The highest BCUT2D eigenvalue weighted by molar-refractivity contribution is 7.89. The van der Waals surface area contributed by atoms with E-state index in [1.807, 2.05) is 11.8 Å². The maximum atomic E-state index is 13.6. The highest BCUT2D eigenvalue weighted by Crippen LogP contribution is 2.47. The van der Waals surface area contributed by atoms with Crippen molar-refractivity contribution in [2.75, 3.05) is 38.2 Å². The van der Waals surface area contributed by atoms with E-state index < -0.39 is 32.6 Å². The summed E-state index contributed by atoms with van der Waals surface area (Å²) in [4.78, 5) is 16.9. The van der Waals surface area contributed by atoms with Gasteiger partial charge in [-0.25, -0.2) is 26.4 Å². The molecule has 1 aliphatic heterocycles. The van der Waals surface area contributed by atoms with Crippen LogP contribution >= 0.6 is 11.3 Å². The number of nitrogens with one attached hydrogen (secondary N) is 1. The molecule has 0 aromatic carbocycles. The van der Waals surface area contributed by atoms with Gasteiger partial charge in [-0.2, -0.15) is 5.10 Å². The highest BCUT2D eigenvalue weighted by Gasteiger charge is 2.52. The van der Waals surface area contributed by atoms with Crippen LogP contribution in [0.1, 0.15) is 68.5 Å². The van der Waals surface area contributed by atoms with Crippen molar-refractivity contribution in [3.05, 3.63) is 22.8 Å². The number of ether oxygens (including phenoxy) is 1. The number of alkyl halides is 2. The molecule has 1 N–H and O–H groups in total. The number of methoxy groups -OCH3 is 1. The third-order valence-corrected chi connectivity index (χ3v) is 11.2. The zero-order valence-corrected chi connectivity index (χ0v) is 24.4. The Morgan fingerprint density at radius 3 is 2.39 bits per heavy atom. The second-order valence-corrected chi connectivity index (χ2v) is 14.5. The van der Waals surface area contributed by atoms with Gasteiger partial charge in [-0.3, -0.25) is 4.79 Å². The molecule has 220 valence electrons. The van der Waals surface area contributed by atoms with E-state index in [1.165, 1.54) is 0 Å². The van der Waals surface area contributed by atoms with Gasteiger partial charge in [0, 0.05) is 50.8 Å². The summed E-state index contributed by atoms with van der Waals surface area (Å²) >= 11 is 0.801. The summed E-state index contributed by atoms with van der Waals surface area (Å²) in [7, 11) is -2.34. The van der Waals surface area contributed by atoms with E-state index in [0.29, 0.717) is 66.6 Å². The van der Waals surface area contributed by atoms with Crippen molar-refractivity contribution >= 4 is 38.6 Å². The zero-order chi connectivity index (χ0) is 28.7. The molecule has 7 rings (SSSR count). The molecule has 41 heavy (non-hydrogen) atoms. The van der Waals surface area contributed by atoms with Crippen molar-refractivity contribution in [1.82, 2.24) is 29.4 Å². The van der Waals surface area contributed by atoms with Gasteiger partial charge in [0.1, 0.15) is 11.4 Å². The first-order valence-electron chi connectivity index (χ1n) is 13.8. The number of pyridine rings is 1. The third kappa shape index (κ3) is 4.79. The topological polar surface area (TPSA) is 122 Å². The molecular formula is C26H31F2N7O4S2. The third-order valence-electron chi connectivity index (χ3n) is 8.59. The molecule has 4 fully saturated rings. The van der Waals surface area contributed by atoms with Crippen molar-refractivity contribution in [1.29, 1.82) is 0 Å². The van der Waals surface area contributed by atoms with Crippen molar-refractivity contribution in [3.63, 3.8) is 0 Å². The highest BCUT2D eigenvalue weighted by atomic mass is 32.2. The first kappa shape index (κ1) is 27.1. The van der Waals surface area contributed by atoms with Gasteiger partial charge in [0.2, 0.25) is 10.0 Å². The maximum absolute atomic E-state index is 13.6. The van der Waals surface area contributed by atoms with Gasteiger partial charge in [-0.15, -0.1) is 10.2 Å². The SMILES string of the molecule is COC1(C(=O)N2CCN(c3cc(S(=O)(=O)NC4(C)CC4)cc4c(-c5nnc(C(F)F)s5)c(C5CC5)nn34)CC2)CC1. The van der Waals surface area contributed by atoms with Crippen LogP contribution < -0.4 is 9.62 Å². The molecule has 0 radical (unpaired) electrons. The minimum Gasteiger partial charge on any atom is -0.368 e. The lowest BCUT2D eigenvalue weighted by atomic mass is 10.1. The summed E-state index contributed by atoms with van der Waals surface area (Å²) < 4.78 is 64.1. The van der Waals surface area contributed by atoms with Crippen LogP contribution in [0.15, 0.2) is 17.0 Å². The van der Waals surface area contributed by atoms with Crippen LogP contribution in [0.25, 0.3) is 16.1 Å². The van der Waals surface area contributed by atoms with Gasteiger partial charge < -0.3 is 14.5 Å². The number of piperazine rings is 1. The molecular weight excluding hydrogens is 576 g/mol. The summed E-state index contributed by atoms with van der Waals surface area (Å²) in [6, 6.07) is 3.18. The monoisotopic (exact) mass is 607 g/mol. The molecule has 0 atom stereocenters. The number of carbonyl (C=O) groups excluding carboxylic acids is 1. The minimum atomic E-state index is -3.90. The van der Waals surface area contributed by atoms with E-state index in [0.717, 1.165) is 37.0 Å². The first-order valence-corrected chi connectivity index (χ1v) is 16.1. The quantitative estimate of drug-likeness (QED) is 0.393. The Hall–Kier alpha value is -2.75. The standard InChI is InChI=1S/C26H31F2N7O4S2/c1-25(5-6-25)32-41(37,38)16-13-17-19(22-29-30-23(40-22)21(27)28)20(15-3-4-15)31-35(17)18(14-16)33-9-11-34(12-10-33)24(36)26(39-2)7-8-26/h13-15,21,32H,3-12H2,1-2H3. The molecule has 3 aromatic rings. The van der Waals surface area contributed by atoms with E-state index >= 15 is 0 Å². The molecule has 4 aliphatic rings. The molecule has 0 unspecified atom stereocenters. The van der Waals surface area contributed by atoms with Crippen LogP contribution in [0, 0.1) is 0 Å². The Balaban J connectivity index is 1.32. The fourth-order valence-electron chi connectivity index (χ4n) is 5.51. The minimum absolute atomic E-state index is 0.00787. The fourth-order valence-corrected chi connectivity index (χ4v) is 7.77. The number of hydrogen-bond acceptors (Lipinski definition) is 9. The van der Waals surface area contributed by atoms with Crippen LogP contribution in [0.4, 0.5) is 14.6 Å². The normalized spacial score (nSPS) is 21.6. The lowest BCUT2D eigenvalue weighted by Gasteiger charge is -2.37. The van der Waals surface area contributed by atoms with Crippen LogP contribution in [-0.4, -0.2) is 83.5 Å². The number of hydrogen-bond donors (Lipinski definition) is 1. The van der Waals surface area contributed by atoms with E-state index in [1.54, 1.807) is 28.7 Å². The second kappa shape index (κ2) is 9.38. The predicted octanol–water partition coefficient (Wildman–Crippen LogP) is 3.33. The average Bonchev–Trinajstić information content (AvgIpc) is 3.91. The van der Waals surface area contributed by atoms with Gasteiger partial charge in [0.15, 0.2) is 10.0 Å². The zero-order valence-electron chi connectivity index (χ0n) is 22.8. The first-order chi connectivity index (χ1) is 19.5. The smallest absolute Gasteiger partial charge is 0.291 e. The fraction of sp³-hybridized carbons (Fsp3) is 0.615. The summed E-state index contributed by atoms with van der Waals surface area (Å²) in [6.45, 7) is 3.72. The van der Waals surface area contributed by atoms with Gasteiger partial charge in [0.05, 0.1) is 21.7 Å². The van der Waals surface area contributed by atoms with E-state index in [9.17, 15) is 22.0 Å². The Bertz CT molecular complexity index is 1640. The number of halogens is 2. The lowest BCUT2D eigenvalue weighted by molar-refractivity contribution is -0.144. The molecule has 1 saturated heterocycles. The molecule has 0 bridgehead atoms. The molecule has 3 saturated carbocycles. The molecule has 15 heteroatoms. The van der Waals surface area contributed by atoms with E-state index in [2.05, 4.69) is 14.9 Å². The Morgan fingerprint density at radius 2 is 1.83 bits per heavy atom. The van der Waals surface area contributed by atoms with Gasteiger partial charge in [-0.1, -0.05) is 11.3 Å². The Labute approximate surface area is 239 Å². The van der Waals surface area contributed by atoms with Crippen LogP contribution in [0.2, 0.25) is 0 Å². The maximum Gasteiger partial charge on any atom is 0.291 e. The number of amides is 1. The molecule has 1 amide bonds. The molecule has 11 nitrogen and oxygen atoms in total. The van der Waals surface area contributed by atoms with Crippen LogP contribution in [0.5, 0.6) is 0 Å². The molecule has 4 heterocycles. The van der Waals surface area contributed by atoms with Crippen molar-refractivity contribution < 1.29 is 26.7 Å². The molecule has 3 aromatic heterocycles. The number of rotatable bonds is 9. The largest absolute Gasteiger partial charge is 0.368 e. The number of nitrogens with zero attached hydrogens (tertiary/aromatic N) is 6. The molecule has 0 spiro atoms. The lowest BCUT2D eigenvalue weighted by Crippen LogP contribution is -2.53. The van der Waals surface area contributed by atoms with Crippen molar-refractivity contribution in [2.45, 2.75) is 73.8 Å². The summed E-state index contributed by atoms with van der Waals surface area (Å²) in [5, 5.41) is 12.6. The average molecular weight is 608 g/mol. The second-order valence-electron chi connectivity index (χ2n) is 11.8. The summed E-state index contributed by atoms with van der Waals surface area (Å²) in [5.74, 6) is 0.695. The van der Waals surface area contributed by atoms with Crippen LogP contribution in [-0.2, 0) is 19.6 Å². The van der Waals surface area contributed by atoms with Crippen molar-refractivity contribution in [3.8, 4) is 10.6 Å². The number of aromatic nitrogens is 4. The number of anilines is 1. The van der Waals surface area contributed by atoms with Crippen LogP contribution in [0.3, 0.4) is 0 Å². The predicted molar refractivity (Wildman–Crippen MR) is 147 cm³/mol. The van der Waals surface area contributed by atoms with E-state index in [4.69, 9.17) is 9.84 Å². The number of sulfonamides is 1. The van der Waals surface area contributed by atoms with Gasteiger partial charge in [0.25, 0.3) is 12.3 Å². The molecule has 3 aliphatic carbocycles. The van der Waals surface area contributed by atoms with E-state index in [-0.39, 0.29) is 16.7 Å². The summed E-state index contributed by atoms with van der Waals surface area (Å²) in [5.41, 5.74) is 0.563. The van der Waals surface area contributed by atoms with Crippen molar-refractivity contribution in [2.24, 2.45) is 0 Å². The Kier molecular flexibility index (Phi) is 6.20. The summed E-state index contributed by atoms with van der Waals surface area (Å²) in [6.07, 6.45) is 1.99. The van der Waals surface area contributed by atoms with Gasteiger partial charge >= 0.3 is 0 Å². The Morgan fingerprint density at radius 1 is 1.12 bits per heavy atom. The van der Waals surface area contributed by atoms with Gasteiger partial charge in [-0.05, 0) is 51.5 Å². The number of carbonyl (C=O) groups is 1. The number of fused-ring (bicyclic) bond motifs is 1.